The van der Waals surface area contributed by atoms with Gasteiger partial charge in [-0.2, -0.15) is 0 Å². The van der Waals surface area contributed by atoms with Crippen molar-refractivity contribution in [2.45, 2.75) is 13.8 Å². The molecule has 0 unspecified atom stereocenters. The average Bonchev–Trinajstić information content (AvgIpc) is 2.91. The van der Waals surface area contributed by atoms with Crippen molar-refractivity contribution in [3.63, 3.8) is 0 Å². The molecule has 1 amide bonds. The summed E-state index contributed by atoms with van der Waals surface area (Å²) in [5.74, 6) is -0.256. The number of benzene rings is 2. The zero-order chi connectivity index (χ0) is 17.3. The van der Waals surface area contributed by atoms with E-state index in [9.17, 15) is 9.18 Å². The third-order valence-electron chi connectivity index (χ3n) is 4.12. The molecule has 0 spiro atoms. The first-order valence-electron chi connectivity index (χ1n) is 7.62. The standard InChI is InChI=1S/C19H18FN3O/c1-12-4-5-15(10-13(12)2)17-11-21-19(23(17)3)22-18(24)14-6-8-16(20)9-7-14/h4-11H,1-3H3,(H,21,22,24). The summed E-state index contributed by atoms with van der Waals surface area (Å²) in [7, 11) is 1.85. The van der Waals surface area contributed by atoms with Crippen LogP contribution in [0.15, 0.2) is 48.7 Å². The van der Waals surface area contributed by atoms with Gasteiger partial charge in [0.2, 0.25) is 5.95 Å². The number of anilines is 1. The van der Waals surface area contributed by atoms with Gasteiger partial charge in [-0.05, 0) is 55.3 Å². The molecule has 2 aromatic carbocycles. The number of nitrogens with zero attached hydrogens (tertiary/aromatic N) is 2. The number of rotatable bonds is 3. The molecule has 122 valence electrons. The van der Waals surface area contributed by atoms with Crippen LogP contribution in [0.3, 0.4) is 0 Å². The lowest BCUT2D eigenvalue weighted by Gasteiger charge is -2.09. The first kappa shape index (κ1) is 15.9. The summed E-state index contributed by atoms with van der Waals surface area (Å²) in [6, 6.07) is 11.6. The van der Waals surface area contributed by atoms with Gasteiger partial charge in [0.15, 0.2) is 0 Å². The Morgan fingerprint density at radius 3 is 2.46 bits per heavy atom. The Hall–Kier alpha value is -2.95. The number of carbonyl (C=O) groups is 1. The second-order valence-electron chi connectivity index (χ2n) is 5.79. The lowest BCUT2D eigenvalue weighted by atomic mass is 10.0. The van der Waals surface area contributed by atoms with Crippen molar-refractivity contribution in [1.29, 1.82) is 0 Å². The van der Waals surface area contributed by atoms with E-state index in [1.807, 2.05) is 17.7 Å². The molecule has 24 heavy (non-hydrogen) atoms. The topological polar surface area (TPSA) is 46.9 Å². The van der Waals surface area contributed by atoms with Gasteiger partial charge in [-0.1, -0.05) is 12.1 Å². The summed E-state index contributed by atoms with van der Waals surface area (Å²) in [6.45, 7) is 4.13. The second-order valence-corrected chi connectivity index (χ2v) is 5.79. The molecular weight excluding hydrogens is 305 g/mol. The number of hydrogen-bond acceptors (Lipinski definition) is 2. The number of amides is 1. The smallest absolute Gasteiger partial charge is 0.257 e. The van der Waals surface area contributed by atoms with Crippen molar-refractivity contribution < 1.29 is 9.18 Å². The molecule has 4 nitrogen and oxygen atoms in total. The van der Waals surface area contributed by atoms with E-state index in [2.05, 4.69) is 36.3 Å². The first-order chi connectivity index (χ1) is 11.5. The summed E-state index contributed by atoms with van der Waals surface area (Å²) < 4.78 is 14.8. The van der Waals surface area contributed by atoms with Crippen molar-refractivity contribution in [3.05, 3.63) is 71.2 Å². The molecule has 3 rings (SSSR count). The monoisotopic (exact) mass is 323 g/mol. The minimum atomic E-state index is -0.374. The lowest BCUT2D eigenvalue weighted by Crippen LogP contribution is -2.15. The summed E-state index contributed by atoms with van der Waals surface area (Å²) >= 11 is 0. The van der Waals surface area contributed by atoms with Gasteiger partial charge in [-0.15, -0.1) is 0 Å². The van der Waals surface area contributed by atoms with Gasteiger partial charge in [-0.3, -0.25) is 10.1 Å². The molecule has 1 N–H and O–H groups in total. The van der Waals surface area contributed by atoms with Crippen LogP contribution in [0.25, 0.3) is 11.3 Å². The Morgan fingerprint density at radius 2 is 1.79 bits per heavy atom. The van der Waals surface area contributed by atoms with Crippen LogP contribution in [0.4, 0.5) is 10.3 Å². The Bertz CT molecular complexity index is 897. The molecule has 0 atom stereocenters. The Kier molecular flexibility index (Phi) is 4.16. The van der Waals surface area contributed by atoms with E-state index in [1.165, 1.54) is 35.4 Å². The molecule has 0 radical (unpaired) electrons. The number of aromatic nitrogens is 2. The van der Waals surface area contributed by atoms with E-state index < -0.39 is 0 Å². The van der Waals surface area contributed by atoms with Gasteiger partial charge >= 0.3 is 0 Å². The van der Waals surface area contributed by atoms with Crippen LogP contribution in [0.5, 0.6) is 0 Å². The molecule has 0 aliphatic heterocycles. The molecule has 0 bridgehead atoms. The van der Waals surface area contributed by atoms with Gasteiger partial charge in [0.05, 0.1) is 11.9 Å². The van der Waals surface area contributed by atoms with E-state index in [4.69, 9.17) is 0 Å². The minimum Gasteiger partial charge on any atom is -0.313 e. The van der Waals surface area contributed by atoms with Crippen LogP contribution in [-0.2, 0) is 7.05 Å². The molecule has 0 aliphatic rings. The van der Waals surface area contributed by atoms with Crippen LogP contribution >= 0.6 is 0 Å². The predicted molar refractivity (Wildman–Crippen MR) is 92.5 cm³/mol. The number of imidazole rings is 1. The van der Waals surface area contributed by atoms with Gasteiger partial charge < -0.3 is 4.57 Å². The van der Waals surface area contributed by atoms with Crippen LogP contribution in [0.2, 0.25) is 0 Å². The Morgan fingerprint density at radius 1 is 1.08 bits per heavy atom. The maximum absolute atomic E-state index is 12.9. The fourth-order valence-corrected chi connectivity index (χ4v) is 2.47. The highest BCUT2D eigenvalue weighted by Crippen LogP contribution is 2.24. The van der Waals surface area contributed by atoms with Gasteiger partial charge in [0, 0.05) is 18.2 Å². The van der Waals surface area contributed by atoms with Crippen LogP contribution < -0.4 is 5.32 Å². The molecule has 5 heteroatoms. The molecule has 3 aromatic rings. The highest BCUT2D eigenvalue weighted by Gasteiger charge is 2.13. The van der Waals surface area contributed by atoms with E-state index in [0.717, 1.165) is 11.3 Å². The van der Waals surface area contributed by atoms with E-state index in [1.54, 1.807) is 6.20 Å². The number of carbonyl (C=O) groups excluding carboxylic acids is 1. The fraction of sp³-hybridized carbons (Fsp3) is 0.158. The molecule has 0 fully saturated rings. The number of hydrogen-bond donors (Lipinski definition) is 1. The molecule has 0 saturated carbocycles. The lowest BCUT2D eigenvalue weighted by molar-refractivity contribution is 0.102. The van der Waals surface area contributed by atoms with Crippen molar-refractivity contribution in [1.82, 2.24) is 9.55 Å². The minimum absolute atomic E-state index is 0.324. The second kappa shape index (κ2) is 6.28. The highest BCUT2D eigenvalue weighted by molar-refractivity contribution is 6.03. The van der Waals surface area contributed by atoms with Crippen LogP contribution in [0.1, 0.15) is 21.5 Å². The van der Waals surface area contributed by atoms with Crippen LogP contribution in [-0.4, -0.2) is 15.5 Å². The largest absolute Gasteiger partial charge is 0.313 e. The maximum atomic E-state index is 12.9. The van der Waals surface area contributed by atoms with Crippen molar-refractivity contribution >= 4 is 11.9 Å². The number of halogens is 1. The number of nitrogens with one attached hydrogen (secondary N) is 1. The quantitative estimate of drug-likeness (QED) is 0.789. The summed E-state index contributed by atoms with van der Waals surface area (Å²) in [6.07, 6.45) is 1.73. The fourth-order valence-electron chi connectivity index (χ4n) is 2.47. The van der Waals surface area contributed by atoms with Gasteiger partial charge in [0.25, 0.3) is 5.91 Å². The van der Waals surface area contributed by atoms with Crippen molar-refractivity contribution in [2.75, 3.05) is 5.32 Å². The van der Waals surface area contributed by atoms with Crippen LogP contribution in [0, 0.1) is 19.7 Å². The summed E-state index contributed by atoms with van der Waals surface area (Å²) in [5, 5.41) is 2.75. The molecule has 0 saturated heterocycles. The van der Waals surface area contributed by atoms with E-state index in [-0.39, 0.29) is 11.7 Å². The number of aryl methyl sites for hydroxylation is 2. The van der Waals surface area contributed by atoms with E-state index in [0.29, 0.717) is 11.5 Å². The van der Waals surface area contributed by atoms with E-state index >= 15 is 0 Å². The zero-order valence-electron chi connectivity index (χ0n) is 13.8. The maximum Gasteiger partial charge on any atom is 0.257 e. The molecule has 1 aromatic heterocycles. The molecule has 1 heterocycles. The first-order valence-corrected chi connectivity index (χ1v) is 7.62. The molecular formula is C19H18FN3O. The summed E-state index contributed by atoms with van der Waals surface area (Å²) in [5.41, 5.74) is 4.76. The van der Waals surface area contributed by atoms with Crippen molar-refractivity contribution in [2.24, 2.45) is 7.05 Å². The molecule has 0 aliphatic carbocycles. The van der Waals surface area contributed by atoms with Gasteiger partial charge in [-0.25, -0.2) is 9.37 Å². The van der Waals surface area contributed by atoms with Gasteiger partial charge in [0.1, 0.15) is 5.82 Å². The normalized spacial score (nSPS) is 10.7. The predicted octanol–water partition coefficient (Wildman–Crippen LogP) is 4.10. The third kappa shape index (κ3) is 3.06. The highest BCUT2D eigenvalue weighted by atomic mass is 19.1. The Balaban J connectivity index is 1.85. The third-order valence-corrected chi connectivity index (χ3v) is 4.12. The van der Waals surface area contributed by atoms with Crippen molar-refractivity contribution in [3.8, 4) is 11.3 Å². The summed E-state index contributed by atoms with van der Waals surface area (Å²) in [4.78, 5) is 16.5. The zero-order valence-corrected chi connectivity index (χ0v) is 13.8. The average molecular weight is 323 g/mol. The Labute approximate surface area is 140 Å². The SMILES string of the molecule is Cc1ccc(-c2cnc(NC(=O)c3ccc(F)cc3)n2C)cc1C.